The van der Waals surface area contributed by atoms with E-state index >= 15 is 0 Å². The van der Waals surface area contributed by atoms with E-state index in [-0.39, 0.29) is 22.0 Å². The number of anilines is 2. The molecule has 1 amide bonds. The Balaban J connectivity index is 1.78. The van der Waals surface area contributed by atoms with E-state index in [4.69, 9.17) is 0 Å². The van der Waals surface area contributed by atoms with Gasteiger partial charge in [-0.05, 0) is 55.0 Å². The SMILES string of the molecule is C[C@H](NC(=O)c1cccnc1Nc1cccc(C(F)(F)F)c1)c1ccc(S(C)(=O)=O)cc1. The van der Waals surface area contributed by atoms with Gasteiger partial charge in [0, 0.05) is 18.1 Å². The molecule has 0 saturated carbocycles. The molecule has 1 heterocycles. The molecule has 0 spiro atoms. The van der Waals surface area contributed by atoms with E-state index in [0.717, 1.165) is 18.4 Å². The lowest BCUT2D eigenvalue weighted by atomic mass is 10.1. The second-order valence-corrected chi connectivity index (χ2v) is 9.16. The van der Waals surface area contributed by atoms with Crippen LogP contribution in [0.3, 0.4) is 0 Å². The number of carbonyl (C=O) groups excluding carboxylic acids is 1. The van der Waals surface area contributed by atoms with Crippen molar-refractivity contribution >= 4 is 27.2 Å². The van der Waals surface area contributed by atoms with Gasteiger partial charge in [-0.25, -0.2) is 13.4 Å². The van der Waals surface area contributed by atoms with Crippen LogP contribution in [-0.4, -0.2) is 25.6 Å². The molecule has 0 aliphatic heterocycles. The molecule has 0 bridgehead atoms. The van der Waals surface area contributed by atoms with Crippen molar-refractivity contribution in [1.29, 1.82) is 0 Å². The highest BCUT2D eigenvalue weighted by Gasteiger charge is 2.30. The van der Waals surface area contributed by atoms with Crippen LogP contribution in [0, 0.1) is 0 Å². The van der Waals surface area contributed by atoms with Gasteiger partial charge >= 0.3 is 6.18 Å². The predicted molar refractivity (Wildman–Crippen MR) is 114 cm³/mol. The van der Waals surface area contributed by atoms with E-state index in [2.05, 4.69) is 15.6 Å². The number of nitrogens with zero attached hydrogens (tertiary/aromatic N) is 1. The highest BCUT2D eigenvalue weighted by molar-refractivity contribution is 7.90. The number of halogens is 3. The Bertz CT molecular complexity index is 1230. The van der Waals surface area contributed by atoms with Gasteiger partial charge in [-0.2, -0.15) is 13.2 Å². The van der Waals surface area contributed by atoms with Crippen LogP contribution >= 0.6 is 0 Å². The molecule has 0 saturated heterocycles. The molecule has 0 aliphatic carbocycles. The summed E-state index contributed by atoms with van der Waals surface area (Å²) in [5, 5.41) is 5.55. The second kappa shape index (κ2) is 8.99. The fraction of sp³-hybridized carbons (Fsp3) is 0.182. The topological polar surface area (TPSA) is 88.2 Å². The molecule has 0 unspecified atom stereocenters. The van der Waals surface area contributed by atoms with Crippen LogP contribution in [-0.2, 0) is 16.0 Å². The zero-order valence-corrected chi connectivity index (χ0v) is 18.0. The lowest BCUT2D eigenvalue weighted by Crippen LogP contribution is -2.27. The molecule has 1 atom stereocenters. The first-order valence-electron chi connectivity index (χ1n) is 9.45. The number of rotatable bonds is 6. The van der Waals surface area contributed by atoms with Gasteiger partial charge in [-0.1, -0.05) is 18.2 Å². The number of hydrogen-bond donors (Lipinski definition) is 2. The maximum Gasteiger partial charge on any atom is 0.416 e. The smallest absolute Gasteiger partial charge is 0.345 e. The summed E-state index contributed by atoms with van der Waals surface area (Å²) in [6.07, 6.45) is -1.97. The number of alkyl halides is 3. The minimum atomic E-state index is -4.50. The zero-order chi connectivity index (χ0) is 23.5. The quantitative estimate of drug-likeness (QED) is 0.551. The number of pyridine rings is 1. The Morgan fingerprint density at radius 3 is 2.34 bits per heavy atom. The molecule has 2 aromatic carbocycles. The molecular formula is C22H20F3N3O3S. The molecule has 0 radical (unpaired) electrons. The van der Waals surface area contributed by atoms with Gasteiger partial charge in [-0.15, -0.1) is 0 Å². The molecule has 168 valence electrons. The maximum atomic E-state index is 13.0. The van der Waals surface area contributed by atoms with E-state index in [1.54, 1.807) is 19.1 Å². The number of carbonyl (C=O) groups is 1. The molecule has 3 rings (SSSR count). The molecule has 32 heavy (non-hydrogen) atoms. The van der Waals surface area contributed by atoms with Crippen molar-refractivity contribution in [2.75, 3.05) is 11.6 Å². The molecule has 2 N–H and O–H groups in total. The van der Waals surface area contributed by atoms with Crippen molar-refractivity contribution < 1.29 is 26.4 Å². The average molecular weight is 463 g/mol. The van der Waals surface area contributed by atoms with E-state index in [9.17, 15) is 26.4 Å². The van der Waals surface area contributed by atoms with Crippen LogP contribution in [0.15, 0.2) is 71.8 Å². The number of sulfone groups is 1. The van der Waals surface area contributed by atoms with Crippen molar-refractivity contribution in [1.82, 2.24) is 10.3 Å². The van der Waals surface area contributed by atoms with Crippen molar-refractivity contribution in [2.45, 2.75) is 24.0 Å². The minimum Gasteiger partial charge on any atom is -0.345 e. The van der Waals surface area contributed by atoms with Crippen LogP contribution in [0.2, 0.25) is 0 Å². The Morgan fingerprint density at radius 1 is 1.03 bits per heavy atom. The number of aromatic nitrogens is 1. The maximum absolute atomic E-state index is 13.0. The van der Waals surface area contributed by atoms with Crippen LogP contribution in [0.5, 0.6) is 0 Å². The van der Waals surface area contributed by atoms with Crippen molar-refractivity contribution in [3.8, 4) is 0 Å². The van der Waals surface area contributed by atoms with Gasteiger partial charge in [0.05, 0.1) is 22.1 Å². The summed E-state index contributed by atoms with van der Waals surface area (Å²) in [4.78, 5) is 17.1. The molecule has 0 fully saturated rings. The summed E-state index contributed by atoms with van der Waals surface area (Å²) in [6, 6.07) is 13.3. The van der Waals surface area contributed by atoms with Crippen LogP contribution in [0.1, 0.15) is 34.5 Å². The summed E-state index contributed by atoms with van der Waals surface area (Å²) >= 11 is 0. The second-order valence-electron chi connectivity index (χ2n) is 7.14. The number of hydrogen-bond acceptors (Lipinski definition) is 5. The Hall–Kier alpha value is -3.40. The van der Waals surface area contributed by atoms with Gasteiger partial charge in [0.25, 0.3) is 5.91 Å². The monoisotopic (exact) mass is 463 g/mol. The largest absolute Gasteiger partial charge is 0.416 e. The zero-order valence-electron chi connectivity index (χ0n) is 17.1. The first-order valence-corrected chi connectivity index (χ1v) is 11.3. The van der Waals surface area contributed by atoms with Crippen molar-refractivity contribution in [3.05, 3.63) is 83.6 Å². The fourth-order valence-electron chi connectivity index (χ4n) is 2.96. The Kier molecular flexibility index (Phi) is 6.54. The minimum absolute atomic E-state index is 0.101. The third-order valence-corrected chi connectivity index (χ3v) is 5.79. The van der Waals surface area contributed by atoms with E-state index < -0.39 is 33.5 Å². The number of amides is 1. The molecule has 0 aliphatic rings. The van der Waals surface area contributed by atoms with Crippen LogP contribution < -0.4 is 10.6 Å². The molecule has 3 aromatic rings. The highest BCUT2D eigenvalue weighted by atomic mass is 32.2. The first kappa shape index (κ1) is 23.3. The summed E-state index contributed by atoms with van der Waals surface area (Å²) in [7, 11) is -3.33. The van der Waals surface area contributed by atoms with E-state index in [0.29, 0.717) is 5.56 Å². The third kappa shape index (κ3) is 5.64. The lowest BCUT2D eigenvalue weighted by molar-refractivity contribution is -0.137. The van der Waals surface area contributed by atoms with Crippen LogP contribution in [0.4, 0.5) is 24.7 Å². The van der Waals surface area contributed by atoms with Gasteiger partial charge in [0.1, 0.15) is 5.82 Å². The third-order valence-electron chi connectivity index (χ3n) is 4.66. The standard InChI is InChI=1S/C22H20F3N3O3S/c1-14(15-8-10-18(11-9-15)32(2,30)31)27-21(29)19-7-4-12-26-20(19)28-17-6-3-5-16(13-17)22(23,24)25/h3-14H,1-2H3,(H,26,28)(H,27,29)/t14-/m0/s1. The number of benzene rings is 2. The normalized spacial score (nSPS) is 12.8. The molecule has 6 nitrogen and oxygen atoms in total. The summed E-state index contributed by atoms with van der Waals surface area (Å²) in [5.41, 5.74) is 0.138. The fourth-order valence-corrected chi connectivity index (χ4v) is 3.59. The number of nitrogens with one attached hydrogen (secondary N) is 2. The van der Waals surface area contributed by atoms with Gasteiger partial charge in [0.2, 0.25) is 0 Å². The van der Waals surface area contributed by atoms with Crippen molar-refractivity contribution in [2.24, 2.45) is 0 Å². The molecule has 1 aromatic heterocycles. The summed E-state index contributed by atoms with van der Waals surface area (Å²) in [6.45, 7) is 1.73. The molecule has 10 heteroatoms. The van der Waals surface area contributed by atoms with E-state index in [1.165, 1.54) is 42.6 Å². The summed E-state index contributed by atoms with van der Waals surface area (Å²) < 4.78 is 62.1. The first-order chi connectivity index (χ1) is 14.9. The molecular weight excluding hydrogens is 443 g/mol. The predicted octanol–water partition coefficient (Wildman–Crippen LogP) is 4.74. The highest BCUT2D eigenvalue weighted by Crippen LogP contribution is 2.31. The van der Waals surface area contributed by atoms with Gasteiger partial charge in [0.15, 0.2) is 9.84 Å². The van der Waals surface area contributed by atoms with Gasteiger partial charge in [-0.3, -0.25) is 4.79 Å². The van der Waals surface area contributed by atoms with Gasteiger partial charge < -0.3 is 10.6 Å². The van der Waals surface area contributed by atoms with E-state index in [1.807, 2.05) is 0 Å². The Labute approximate surface area is 183 Å². The average Bonchev–Trinajstić information content (AvgIpc) is 2.73. The Morgan fingerprint density at radius 2 is 1.72 bits per heavy atom. The van der Waals surface area contributed by atoms with Crippen molar-refractivity contribution in [3.63, 3.8) is 0 Å². The lowest BCUT2D eigenvalue weighted by Gasteiger charge is -2.17. The summed E-state index contributed by atoms with van der Waals surface area (Å²) in [5.74, 6) is -0.392. The van der Waals surface area contributed by atoms with Crippen LogP contribution in [0.25, 0.3) is 0 Å².